The summed E-state index contributed by atoms with van der Waals surface area (Å²) < 4.78 is 10.3. The lowest BCUT2D eigenvalue weighted by molar-refractivity contribution is -0.385. The summed E-state index contributed by atoms with van der Waals surface area (Å²) >= 11 is 0. The molecule has 2 rings (SSSR count). The third-order valence-electron chi connectivity index (χ3n) is 2.30. The lowest BCUT2D eigenvalue weighted by Crippen LogP contribution is -2.10. The molecule has 2 N–H and O–H groups in total. The molecule has 0 aliphatic carbocycles. The number of hydrogen-bond acceptors (Lipinski definition) is 5. The first-order valence-corrected chi connectivity index (χ1v) is 5.10. The van der Waals surface area contributed by atoms with Crippen LogP contribution in [0.1, 0.15) is 12.5 Å². The highest BCUT2D eigenvalue weighted by molar-refractivity contribution is 5.67. The smallest absolute Gasteiger partial charge is 0.280 e. The van der Waals surface area contributed by atoms with E-state index in [9.17, 15) is 10.1 Å². The molecular formula is C11H12N2O4. The van der Waals surface area contributed by atoms with Crippen molar-refractivity contribution in [1.82, 2.24) is 0 Å². The van der Waals surface area contributed by atoms with Crippen LogP contribution in [0.2, 0.25) is 0 Å². The quantitative estimate of drug-likeness (QED) is 0.637. The molecule has 0 radical (unpaired) electrons. The number of rotatable bonds is 3. The summed E-state index contributed by atoms with van der Waals surface area (Å²) in [6.07, 6.45) is 3.30. The maximum Gasteiger partial charge on any atom is 0.280 e. The van der Waals surface area contributed by atoms with Crippen LogP contribution in [-0.2, 0) is 0 Å². The average Bonchev–Trinajstić information content (AvgIpc) is 2.71. The monoisotopic (exact) mass is 236 g/mol. The number of ether oxygens (including phenoxy) is 2. The highest BCUT2D eigenvalue weighted by atomic mass is 16.7. The van der Waals surface area contributed by atoms with Crippen LogP contribution in [0.25, 0.3) is 6.08 Å². The van der Waals surface area contributed by atoms with Gasteiger partial charge in [-0.2, -0.15) is 0 Å². The highest BCUT2D eigenvalue weighted by Gasteiger charge is 2.21. The van der Waals surface area contributed by atoms with E-state index in [0.29, 0.717) is 17.1 Å². The lowest BCUT2D eigenvalue weighted by atomic mass is 10.1. The van der Waals surface area contributed by atoms with E-state index in [2.05, 4.69) is 0 Å². The van der Waals surface area contributed by atoms with Crippen molar-refractivity contribution in [3.05, 3.63) is 33.9 Å². The number of benzene rings is 1. The molecule has 0 bridgehead atoms. The Morgan fingerprint density at radius 2 is 2.12 bits per heavy atom. The number of fused-ring (bicyclic) bond motifs is 1. The van der Waals surface area contributed by atoms with Gasteiger partial charge in [0.2, 0.25) is 6.79 Å². The van der Waals surface area contributed by atoms with Crippen molar-refractivity contribution < 1.29 is 14.4 Å². The van der Waals surface area contributed by atoms with Crippen LogP contribution in [0.3, 0.4) is 0 Å². The van der Waals surface area contributed by atoms with Gasteiger partial charge in [0.1, 0.15) is 0 Å². The van der Waals surface area contributed by atoms with Crippen LogP contribution in [-0.4, -0.2) is 17.8 Å². The molecule has 1 aromatic carbocycles. The van der Waals surface area contributed by atoms with Crippen molar-refractivity contribution in [3.63, 3.8) is 0 Å². The lowest BCUT2D eigenvalue weighted by Gasteiger charge is -2.01. The number of hydrogen-bond donors (Lipinski definition) is 1. The summed E-state index contributed by atoms with van der Waals surface area (Å²) in [6.45, 7) is 1.88. The van der Waals surface area contributed by atoms with Crippen molar-refractivity contribution in [1.29, 1.82) is 0 Å². The van der Waals surface area contributed by atoms with Crippen LogP contribution in [0.5, 0.6) is 11.5 Å². The van der Waals surface area contributed by atoms with E-state index < -0.39 is 4.92 Å². The molecule has 90 valence electrons. The van der Waals surface area contributed by atoms with Gasteiger partial charge in [-0.25, -0.2) is 0 Å². The Morgan fingerprint density at radius 3 is 2.71 bits per heavy atom. The summed E-state index contributed by atoms with van der Waals surface area (Å²) in [4.78, 5) is 10.5. The molecule has 0 amide bonds. The molecular weight excluding hydrogens is 224 g/mol. The molecule has 0 saturated heterocycles. The van der Waals surface area contributed by atoms with Gasteiger partial charge < -0.3 is 15.2 Å². The maximum atomic E-state index is 10.9. The zero-order chi connectivity index (χ0) is 12.4. The van der Waals surface area contributed by atoms with Crippen molar-refractivity contribution in [2.45, 2.75) is 13.0 Å². The first-order valence-electron chi connectivity index (χ1n) is 5.10. The third kappa shape index (κ3) is 2.36. The molecule has 0 spiro atoms. The van der Waals surface area contributed by atoms with E-state index in [1.807, 2.05) is 0 Å². The van der Waals surface area contributed by atoms with Crippen LogP contribution in [0, 0.1) is 10.1 Å². The van der Waals surface area contributed by atoms with Crippen molar-refractivity contribution in [2.24, 2.45) is 5.73 Å². The van der Waals surface area contributed by atoms with Crippen LogP contribution in [0.15, 0.2) is 18.2 Å². The number of nitrogens with zero attached hydrogens (tertiary/aromatic N) is 1. The summed E-state index contributed by atoms with van der Waals surface area (Å²) in [5, 5.41) is 10.9. The van der Waals surface area contributed by atoms with Crippen molar-refractivity contribution in [2.75, 3.05) is 6.79 Å². The van der Waals surface area contributed by atoms with E-state index >= 15 is 0 Å². The molecule has 1 heterocycles. The number of nitrogens with two attached hydrogens (primary N) is 1. The largest absolute Gasteiger partial charge is 0.454 e. The van der Waals surface area contributed by atoms with Gasteiger partial charge in [0.05, 0.1) is 16.6 Å². The van der Waals surface area contributed by atoms with Gasteiger partial charge in [-0.05, 0) is 13.0 Å². The summed E-state index contributed by atoms with van der Waals surface area (Å²) in [6, 6.07) is 2.78. The SMILES string of the molecule is CC(N)/C=C/c1cc2c(cc1[N+](=O)[O-])OCO2. The molecule has 1 aromatic rings. The van der Waals surface area contributed by atoms with E-state index in [1.165, 1.54) is 6.07 Å². The zero-order valence-electron chi connectivity index (χ0n) is 9.25. The van der Waals surface area contributed by atoms with Gasteiger partial charge in [0.25, 0.3) is 5.69 Å². The minimum absolute atomic E-state index is 0.0221. The van der Waals surface area contributed by atoms with E-state index in [-0.39, 0.29) is 18.5 Å². The third-order valence-corrected chi connectivity index (χ3v) is 2.30. The topological polar surface area (TPSA) is 87.6 Å². The van der Waals surface area contributed by atoms with Gasteiger partial charge >= 0.3 is 0 Å². The zero-order valence-corrected chi connectivity index (χ0v) is 9.25. The fraction of sp³-hybridized carbons (Fsp3) is 0.273. The van der Waals surface area contributed by atoms with E-state index in [0.717, 1.165) is 0 Å². The second kappa shape index (κ2) is 4.42. The Kier molecular flexibility index (Phi) is 2.97. The Labute approximate surface area is 97.8 Å². The van der Waals surface area contributed by atoms with Gasteiger partial charge in [-0.3, -0.25) is 10.1 Å². The highest BCUT2D eigenvalue weighted by Crippen LogP contribution is 2.38. The normalized spacial score (nSPS) is 15.2. The first-order chi connectivity index (χ1) is 8.08. The van der Waals surface area contributed by atoms with Crippen LogP contribution < -0.4 is 15.2 Å². The van der Waals surface area contributed by atoms with Gasteiger partial charge in [0.15, 0.2) is 11.5 Å². The van der Waals surface area contributed by atoms with Gasteiger partial charge in [-0.15, -0.1) is 0 Å². The second-order valence-electron chi connectivity index (χ2n) is 3.74. The molecule has 6 heteroatoms. The predicted octanol–water partition coefficient (Wildman–Crippen LogP) is 1.68. The maximum absolute atomic E-state index is 10.9. The number of nitro benzene ring substituents is 1. The van der Waals surface area contributed by atoms with Crippen molar-refractivity contribution in [3.8, 4) is 11.5 Å². The minimum Gasteiger partial charge on any atom is -0.454 e. The van der Waals surface area contributed by atoms with Crippen molar-refractivity contribution >= 4 is 11.8 Å². The summed E-state index contributed by atoms with van der Waals surface area (Å²) in [5.41, 5.74) is 6.00. The molecule has 1 aliphatic heterocycles. The molecule has 0 fully saturated rings. The van der Waals surface area contributed by atoms with Crippen LogP contribution in [0.4, 0.5) is 5.69 Å². The average molecular weight is 236 g/mol. The Morgan fingerprint density at radius 1 is 1.47 bits per heavy atom. The van der Waals surface area contributed by atoms with Gasteiger partial charge in [-0.1, -0.05) is 12.2 Å². The van der Waals surface area contributed by atoms with Crippen LogP contribution >= 0.6 is 0 Å². The second-order valence-corrected chi connectivity index (χ2v) is 3.74. The van der Waals surface area contributed by atoms with E-state index in [1.54, 1.807) is 25.1 Å². The molecule has 6 nitrogen and oxygen atoms in total. The van der Waals surface area contributed by atoms with Gasteiger partial charge in [0, 0.05) is 6.04 Å². The Hall–Kier alpha value is -2.08. The molecule has 17 heavy (non-hydrogen) atoms. The molecule has 1 unspecified atom stereocenters. The standard InChI is InChI=1S/C11H12N2O4/c1-7(12)2-3-8-4-10-11(17-6-16-10)5-9(8)13(14)15/h2-5,7H,6,12H2,1H3/b3-2+. The molecule has 0 aromatic heterocycles. The molecule has 1 atom stereocenters. The fourth-order valence-electron chi connectivity index (χ4n) is 1.49. The Bertz CT molecular complexity index is 483. The fourth-order valence-corrected chi connectivity index (χ4v) is 1.49. The first kappa shape index (κ1) is 11.4. The summed E-state index contributed by atoms with van der Waals surface area (Å²) in [7, 11) is 0. The summed E-state index contributed by atoms with van der Waals surface area (Å²) in [5.74, 6) is 0.912. The number of nitro groups is 1. The predicted molar refractivity (Wildman–Crippen MR) is 61.9 cm³/mol. The molecule has 0 saturated carbocycles. The van der Waals surface area contributed by atoms with E-state index in [4.69, 9.17) is 15.2 Å². The Balaban J connectivity index is 2.45. The molecule has 1 aliphatic rings. The minimum atomic E-state index is -0.456.